The van der Waals surface area contributed by atoms with Gasteiger partial charge in [0.2, 0.25) is 5.91 Å². The van der Waals surface area contributed by atoms with Crippen LogP contribution in [0, 0.1) is 12.3 Å². The minimum Gasteiger partial charge on any atom is -0.497 e. The van der Waals surface area contributed by atoms with Crippen molar-refractivity contribution in [3.05, 3.63) is 41.7 Å². The van der Waals surface area contributed by atoms with Crippen LogP contribution in [0.4, 0.5) is 5.69 Å². The van der Waals surface area contributed by atoms with Crippen molar-refractivity contribution >= 4 is 17.5 Å². The van der Waals surface area contributed by atoms with Crippen molar-refractivity contribution in [2.45, 2.75) is 19.8 Å². The molecule has 1 spiro atoms. The molecule has 2 aromatic rings. The van der Waals surface area contributed by atoms with E-state index < -0.39 is 0 Å². The molecule has 2 saturated heterocycles. The van der Waals surface area contributed by atoms with Crippen molar-refractivity contribution in [2.24, 2.45) is 12.5 Å². The van der Waals surface area contributed by atoms with Crippen LogP contribution in [-0.4, -0.2) is 53.2 Å². The first kappa shape index (κ1) is 17.6. The molecular formula is C20H24N4O3. The summed E-state index contributed by atoms with van der Waals surface area (Å²) in [4.78, 5) is 29.3. The van der Waals surface area contributed by atoms with Crippen molar-refractivity contribution in [3.8, 4) is 5.75 Å². The molecule has 4 rings (SSSR count). The van der Waals surface area contributed by atoms with E-state index in [1.165, 1.54) is 0 Å². The highest BCUT2D eigenvalue weighted by Crippen LogP contribution is 2.42. The van der Waals surface area contributed by atoms with Gasteiger partial charge in [-0.05, 0) is 37.1 Å². The predicted octanol–water partition coefficient (Wildman–Crippen LogP) is 2.01. The number of rotatable bonds is 3. The summed E-state index contributed by atoms with van der Waals surface area (Å²) in [6, 6.07) is 5.51. The van der Waals surface area contributed by atoms with Gasteiger partial charge in [-0.15, -0.1) is 0 Å². The lowest BCUT2D eigenvalue weighted by Gasteiger charge is -2.24. The number of carbonyl (C=O) groups is 2. The Labute approximate surface area is 158 Å². The summed E-state index contributed by atoms with van der Waals surface area (Å²) >= 11 is 0. The van der Waals surface area contributed by atoms with Crippen LogP contribution in [0.1, 0.15) is 28.8 Å². The van der Waals surface area contributed by atoms with Gasteiger partial charge in [-0.1, -0.05) is 0 Å². The third kappa shape index (κ3) is 3.07. The van der Waals surface area contributed by atoms with Gasteiger partial charge in [-0.2, -0.15) is 5.10 Å². The summed E-state index contributed by atoms with van der Waals surface area (Å²) in [5, 5.41) is 4.17. The van der Waals surface area contributed by atoms with Gasteiger partial charge >= 0.3 is 0 Å². The SMILES string of the molecule is COc1ccc(C(=O)N2CCC3(CC(=O)N(c4cnn(C)c4)C3)C2)c(C)c1. The Morgan fingerprint density at radius 3 is 2.78 bits per heavy atom. The highest BCUT2D eigenvalue weighted by Gasteiger charge is 2.49. The van der Waals surface area contributed by atoms with Crippen LogP contribution >= 0.6 is 0 Å². The Balaban J connectivity index is 1.50. The largest absolute Gasteiger partial charge is 0.497 e. The van der Waals surface area contributed by atoms with Crippen LogP contribution in [0.15, 0.2) is 30.6 Å². The molecule has 0 aliphatic carbocycles. The summed E-state index contributed by atoms with van der Waals surface area (Å²) in [7, 11) is 3.46. The van der Waals surface area contributed by atoms with E-state index in [9.17, 15) is 9.59 Å². The molecule has 1 aromatic heterocycles. The van der Waals surface area contributed by atoms with Crippen molar-refractivity contribution in [2.75, 3.05) is 31.6 Å². The topological polar surface area (TPSA) is 67.7 Å². The third-order valence-electron chi connectivity index (χ3n) is 5.71. The van der Waals surface area contributed by atoms with Gasteiger partial charge in [0.1, 0.15) is 5.75 Å². The number of hydrogen-bond acceptors (Lipinski definition) is 4. The summed E-state index contributed by atoms with van der Waals surface area (Å²) in [5.74, 6) is 0.882. The Morgan fingerprint density at radius 2 is 2.11 bits per heavy atom. The average Bonchev–Trinajstić information content (AvgIpc) is 3.33. The van der Waals surface area contributed by atoms with Crippen LogP contribution in [0.3, 0.4) is 0 Å². The number of hydrogen-bond donors (Lipinski definition) is 0. The Morgan fingerprint density at radius 1 is 1.30 bits per heavy atom. The highest BCUT2D eigenvalue weighted by molar-refractivity contribution is 5.98. The molecule has 0 saturated carbocycles. The fraction of sp³-hybridized carbons (Fsp3) is 0.450. The monoisotopic (exact) mass is 368 g/mol. The maximum Gasteiger partial charge on any atom is 0.254 e. The number of aryl methyl sites for hydroxylation is 2. The van der Waals surface area contributed by atoms with Crippen molar-refractivity contribution in [1.82, 2.24) is 14.7 Å². The van der Waals surface area contributed by atoms with E-state index in [1.807, 2.05) is 43.3 Å². The zero-order valence-corrected chi connectivity index (χ0v) is 15.9. The van der Waals surface area contributed by atoms with E-state index in [4.69, 9.17) is 4.74 Å². The van der Waals surface area contributed by atoms with E-state index in [0.717, 1.165) is 23.4 Å². The molecule has 27 heavy (non-hydrogen) atoms. The second kappa shape index (κ2) is 6.40. The van der Waals surface area contributed by atoms with Gasteiger partial charge in [-0.25, -0.2) is 0 Å². The van der Waals surface area contributed by atoms with Crippen molar-refractivity contribution < 1.29 is 14.3 Å². The summed E-state index contributed by atoms with van der Waals surface area (Å²) in [6.45, 7) is 3.85. The summed E-state index contributed by atoms with van der Waals surface area (Å²) in [5.41, 5.74) is 2.26. The fourth-order valence-electron chi connectivity index (χ4n) is 4.23. The molecule has 1 aromatic carbocycles. The molecular weight excluding hydrogens is 344 g/mol. The number of benzene rings is 1. The highest BCUT2D eigenvalue weighted by atomic mass is 16.5. The lowest BCUT2D eigenvalue weighted by molar-refractivity contribution is -0.117. The summed E-state index contributed by atoms with van der Waals surface area (Å²) in [6.07, 6.45) is 4.90. The number of nitrogens with zero attached hydrogens (tertiary/aromatic N) is 4. The lowest BCUT2D eigenvalue weighted by atomic mass is 9.86. The number of carbonyl (C=O) groups excluding carboxylic acids is 2. The fourth-order valence-corrected chi connectivity index (χ4v) is 4.23. The molecule has 2 aliphatic heterocycles. The van der Waals surface area contributed by atoms with E-state index >= 15 is 0 Å². The van der Waals surface area contributed by atoms with E-state index in [-0.39, 0.29) is 17.2 Å². The summed E-state index contributed by atoms with van der Waals surface area (Å²) < 4.78 is 6.92. The van der Waals surface area contributed by atoms with Gasteiger partial charge in [0, 0.05) is 50.3 Å². The van der Waals surface area contributed by atoms with Crippen LogP contribution in [0.25, 0.3) is 0 Å². The predicted molar refractivity (Wildman–Crippen MR) is 101 cm³/mol. The maximum atomic E-state index is 13.0. The zero-order valence-electron chi connectivity index (χ0n) is 15.9. The first-order chi connectivity index (χ1) is 12.9. The minimum atomic E-state index is -0.164. The molecule has 3 heterocycles. The standard InChI is InChI=1S/C20H24N4O3/c1-14-8-16(27-3)4-5-17(14)19(26)23-7-6-20(12-23)9-18(25)24(13-20)15-10-21-22(2)11-15/h4-5,8,10-11H,6-7,9,12-13H2,1-3H3. The molecule has 0 bridgehead atoms. The van der Waals surface area contributed by atoms with E-state index in [2.05, 4.69) is 5.10 Å². The van der Waals surface area contributed by atoms with Crippen molar-refractivity contribution in [1.29, 1.82) is 0 Å². The zero-order chi connectivity index (χ0) is 19.2. The van der Waals surface area contributed by atoms with Gasteiger partial charge < -0.3 is 14.5 Å². The molecule has 2 fully saturated rings. The Hall–Kier alpha value is -2.83. The molecule has 142 valence electrons. The smallest absolute Gasteiger partial charge is 0.254 e. The quantitative estimate of drug-likeness (QED) is 0.831. The molecule has 0 radical (unpaired) electrons. The number of likely N-dealkylation sites (tertiary alicyclic amines) is 1. The second-order valence-electron chi connectivity index (χ2n) is 7.69. The molecule has 7 heteroatoms. The number of anilines is 1. The lowest BCUT2D eigenvalue weighted by Crippen LogP contribution is -2.34. The number of aromatic nitrogens is 2. The maximum absolute atomic E-state index is 13.0. The Bertz CT molecular complexity index is 906. The normalized spacial score (nSPS) is 22.1. The third-order valence-corrected chi connectivity index (χ3v) is 5.71. The second-order valence-corrected chi connectivity index (χ2v) is 7.69. The number of methoxy groups -OCH3 is 1. The molecule has 0 N–H and O–H groups in total. The first-order valence-corrected chi connectivity index (χ1v) is 9.14. The van der Waals surface area contributed by atoms with Crippen LogP contribution in [-0.2, 0) is 11.8 Å². The molecule has 2 aliphatic rings. The van der Waals surface area contributed by atoms with Gasteiger partial charge in [-0.3, -0.25) is 14.3 Å². The minimum absolute atomic E-state index is 0.0271. The van der Waals surface area contributed by atoms with Gasteiger partial charge in [0.25, 0.3) is 5.91 Å². The van der Waals surface area contributed by atoms with Gasteiger partial charge in [0.15, 0.2) is 0 Å². The molecule has 1 atom stereocenters. The average molecular weight is 368 g/mol. The first-order valence-electron chi connectivity index (χ1n) is 9.14. The van der Waals surface area contributed by atoms with E-state index in [0.29, 0.717) is 31.6 Å². The number of amides is 2. The van der Waals surface area contributed by atoms with Crippen LogP contribution in [0.5, 0.6) is 5.75 Å². The molecule has 7 nitrogen and oxygen atoms in total. The Kier molecular flexibility index (Phi) is 4.17. The van der Waals surface area contributed by atoms with Crippen molar-refractivity contribution in [3.63, 3.8) is 0 Å². The molecule has 1 unspecified atom stereocenters. The van der Waals surface area contributed by atoms with E-state index in [1.54, 1.807) is 22.9 Å². The molecule has 2 amide bonds. The van der Waals surface area contributed by atoms with Crippen LogP contribution in [0.2, 0.25) is 0 Å². The van der Waals surface area contributed by atoms with Gasteiger partial charge in [0.05, 0.1) is 19.0 Å². The number of ether oxygens (including phenoxy) is 1. The van der Waals surface area contributed by atoms with Crippen LogP contribution < -0.4 is 9.64 Å².